The summed E-state index contributed by atoms with van der Waals surface area (Å²) in [5, 5.41) is 14.2. The molecule has 1 saturated heterocycles. The second-order valence-electron chi connectivity index (χ2n) is 7.88. The maximum absolute atomic E-state index is 9.45. The first-order chi connectivity index (χ1) is 15.5. The smallest absolute Gasteiger partial charge is 0.170 e. The first kappa shape index (κ1) is 22.6. The molecule has 3 heterocycles. The van der Waals surface area contributed by atoms with Crippen LogP contribution in [0.1, 0.15) is 41.1 Å². The van der Waals surface area contributed by atoms with Gasteiger partial charge in [0.15, 0.2) is 5.11 Å². The predicted octanol–water partition coefficient (Wildman–Crippen LogP) is 4.51. The minimum absolute atomic E-state index is 0.0610. The van der Waals surface area contributed by atoms with Gasteiger partial charge in [-0.1, -0.05) is 17.7 Å². The van der Waals surface area contributed by atoms with Crippen LogP contribution in [0, 0.1) is 13.8 Å². The molecule has 0 radical (unpaired) electrons. The quantitative estimate of drug-likeness (QED) is 0.495. The van der Waals surface area contributed by atoms with Crippen LogP contribution in [0.4, 0.5) is 0 Å². The third-order valence-corrected chi connectivity index (χ3v) is 6.51. The molecule has 1 aliphatic heterocycles. The number of hydrogen-bond donors (Lipinski definition) is 2. The lowest BCUT2D eigenvalue weighted by Crippen LogP contribution is -2.31. The van der Waals surface area contributed by atoms with Crippen molar-refractivity contribution in [2.75, 3.05) is 20.3 Å². The molecule has 8 heteroatoms. The lowest BCUT2D eigenvalue weighted by atomic mass is 9.96. The van der Waals surface area contributed by atoms with Gasteiger partial charge in [-0.25, -0.2) is 0 Å². The van der Waals surface area contributed by atoms with Crippen molar-refractivity contribution in [3.8, 4) is 11.4 Å². The van der Waals surface area contributed by atoms with Crippen LogP contribution in [0.15, 0.2) is 48.7 Å². The van der Waals surface area contributed by atoms with E-state index in [1.807, 2.05) is 36.4 Å². The average Bonchev–Trinajstić information content (AvgIpc) is 3.27. The molecule has 1 aromatic carbocycles. The van der Waals surface area contributed by atoms with Gasteiger partial charge in [-0.15, -0.1) is 0 Å². The van der Waals surface area contributed by atoms with E-state index < -0.39 is 0 Å². The number of aryl methyl sites for hydroxylation is 1. The first-order valence-electron chi connectivity index (χ1n) is 10.6. The van der Waals surface area contributed by atoms with Gasteiger partial charge >= 0.3 is 0 Å². The van der Waals surface area contributed by atoms with E-state index in [1.54, 1.807) is 13.3 Å². The molecule has 1 fully saturated rings. The van der Waals surface area contributed by atoms with Gasteiger partial charge in [-0.2, -0.15) is 0 Å². The number of nitrogens with zero attached hydrogens (tertiary/aromatic N) is 3. The molecular weight excluding hydrogens is 444 g/mol. The Bertz CT molecular complexity index is 1120. The largest absolute Gasteiger partial charge is 0.495 e. The fraction of sp³-hybridized carbons (Fsp3) is 0.333. The normalized spacial score (nSPS) is 18.2. The Morgan fingerprint density at radius 1 is 1.22 bits per heavy atom. The molecule has 0 aliphatic carbocycles. The maximum atomic E-state index is 9.45. The van der Waals surface area contributed by atoms with Crippen LogP contribution in [-0.2, 0) is 0 Å². The number of aromatic nitrogens is 2. The number of thiocarbonyl (C=S) groups is 1. The fourth-order valence-corrected chi connectivity index (χ4v) is 5.02. The van der Waals surface area contributed by atoms with Gasteiger partial charge in [0, 0.05) is 35.8 Å². The molecule has 6 nitrogen and oxygen atoms in total. The number of methoxy groups -OCH3 is 1. The average molecular weight is 471 g/mol. The summed E-state index contributed by atoms with van der Waals surface area (Å²) in [5.74, 6) is 0.751. The molecule has 2 aromatic heterocycles. The van der Waals surface area contributed by atoms with Gasteiger partial charge in [0.25, 0.3) is 0 Å². The maximum Gasteiger partial charge on any atom is 0.170 e. The molecule has 2 atom stereocenters. The van der Waals surface area contributed by atoms with Crippen molar-refractivity contribution in [2.24, 2.45) is 0 Å². The highest BCUT2D eigenvalue weighted by Crippen LogP contribution is 2.42. The zero-order valence-corrected chi connectivity index (χ0v) is 20.0. The van der Waals surface area contributed by atoms with Crippen molar-refractivity contribution < 1.29 is 9.84 Å². The Morgan fingerprint density at radius 2 is 2.03 bits per heavy atom. The van der Waals surface area contributed by atoms with E-state index in [-0.39, 0.29) is 18.7 Å². The van der Waals surface area contributed by atoms with Gasteiger partial charge in [0.2, 0.25) is 0 Å². The molecule has 0 spiro atoms. The molecule has 32 heavy (non-hydrogen) atoms. The number of ether oxygens (including phenoxy) is 1. The van der Waals surface area contributed by atoms with E-state index in [4.69, 9.17) is 28.6 Å². The summed E-state index contributed by atoms with van der Waals surface area (Å²) in [5.41, 5.74) is 5.11. The summed E-state index contributed by atoms with van der Waals surface area (Å²) in [6.45, 7) is 4.94. The van der Waals surface area contributed by atoms with Crippen LogP contribution in [0.3, 0.4) is 0 Å². The summed E-state index contributed by atoms with van der Waals surface area (Å²) < 4.78 is 7.79. The zero-order chi connectivity index (χ0) is 22.8. The Morgan fingerprint density at radius 3 is 2.72 bits per heavy atom. The Balaban J connectivity index is 1.85. The van der Waals surface area contributed by atoms with E-state index >= 15 is 0 Å². The molecule has 3 aromatic rings. The standard InChI is InChI=1S/C24H27ClN4O2S/c1-15-13-18(16(2)29(15)20-14-17(25)8-9-21(20)31-3)23-22(19-7-4-5-10-26-19)27-24(32)28(23)11-6-12-30/h4-5,7-10,13-14,22-23,30H,6,11-12H2,1-3H3,(H,27,32)/t22-,23-/m0/s1. The van der Waals surface area contributed by atoms with Crippen LogP contribution in [0.5, 0.6) is 5.75 Å². The van der Waals surface area contributed by atoms with Gasteiger partial charge in [0.1, 0.15) is 5.75 Å². The molecule has 0 saturated carbocycles. The summed E-state index contributed by atoms with van der Waals surface area (Å²) in [7, 11) is 1.66. The Hall–Kier alpha value is -2.61. The summed E-state index contributed by atoms with van der Waals surface area (Å²) in [6, 6.07) is 13.6. The zero-order valence-electron chi connectivity index (χ0n) is 18.4. The molecule has 0 unspecified atom stereocenters. The molecule has 2 N–H and O–H groups in total. The summed E-state index contributed by atoms with van der Waals surface area (Å²) >= 11 is 12.0. The fourth-order valence-electron chi connectivity index (χ4n) is 4.52. The van der Waals surface area contributed by atoms with Crippen LogP contribution in [0.25, 0.3) is 5.69 Å². The SMILES string of the molecule is COc1ccc(Cl)cc1-n1c(C)cc([C@H]2[C@H](c3ccccn3)NC(=S)N2CCCO)c1C. The first-order valence-corrected chi connectivity index (χ1v) is 11.4. The number of nitrogens with one attached hydrogen (secondary N) is 1. The molecule has 4 rings (SSSR count). The highest BCUT2D eigenvalue weighted by molar-refractivity contribution is 7.80. The van der Waals surface area contributed by atoms with E-state index in [9.17, 15) is 5.11 Å². The van der Waals surface area contributed by atoms with Crippen LogP contribution in [0.2, 0.25) is 5.02 Å². The van der Waals surface area contributed by atoms with Crippen molar-refractivity contribution in [3.63, 3.8) is 0 Å². The minimum Gasteiger partial charge on any atom is -0.495 e. The lowest BCUT2D eigenvalue weighted by Gasteiger charge is -2.28. The van der Waals surface area contributed by atoms with E-state index in [2.05, 4.69) is 39.7 Å². The third-order valence-electron chi connectivity index (χ3n) is 5.93. The van der Waals surface area contributed by atoms with Crippen molar-refractivity contribution in [3.05, 3.63) is 76.3 Å². The van der Waals surface area contributed by atoms with Crippen LogP contribution < -0.4 is 10.1 Å². The molecule has 0 bridgehead atoms. The number of rotatable bonds is 7. The second kappa shape index (κ2) is 9.48. The van der Waals surface area contributed by atoms with E-state index in [1.165, 1.54) is 0 Å². The molecule has 168 valence electrons. The second-order valence-corrected chi connectivity index (χ2v) is 8.70. The Kier molecular flexibility index (Phi) is 6.69. The minimum atomic E-state index is -0.0994. The van der Waals surface area contributed by atoms with Gasteiger partial charge in [0.05, 0.1) is 30.6 Å². The van der Waals surface area contributed by atoms with Gasteiger partial charge in [-0.05, 0) is 74.4 Å². The van der Waals surface area contributed by atoms with Crippen molar-refractivity contribution in [1.29, 1.82) is 0 Å². The predicted molar refractivity (Wildman–Crippen MR) is 131 cm³/mol. The van der Waals surface area contributed by atoms with Crippen molar-refractivity contribution >= 4 is 28.9 Å². The van der Waals surface area contributed by atoms with Crippen LogP contribution >= 0.6 is 23.8 Å². The van der Waals surface area contributed by atoms with E-state index in [0.717, 1.165) is 34.1 Å². The van der Waals surface area contributed by atoms with Gasteiger partial charge < -0.3 is 24.6 Å². The van der Waals surface area contributed by atoms with Crippen LogP contribution in [-0.4, -0.2) is 44.9 Å². The number of halogens is 1. The molecule has 1 aliphatic rings. The van der Waals surface area contributed by atoms with E-state index in [0.29, 0.717) is 23.1 Å². The number of aliphatic hydroxyl groups is 1. The number of hydrogen-bond acceptors (Lipinski definition) is 4. The number of pyridine rings is 1. The summed E-state index contributed by atoms with van der Waals surface area (Å²) in [4.78, 5) is 6.76. The summed E-state index contributed by atoms with van der Waals surface area (Å²) in [6.07, 6.45) is 2.43. The van der Waals surface area contributed by atoms with Gasteiger partial charge in [-0.3, -0.25) is 4.98 Å². The topological polar surface area (TPSA) is 62.5 Å². The third kappa shape index (κ3) is 4.08. The van der Waals surface area contributed by atoms with Crippen molar-refractivity contribution in [2.45, 2.75) is 32.4 Å². The highest BCUT2D eigenvalue weighted by atomic mass is 35.5. The lowest BCUT2D eigenvalue weighted by molar-refractivity contribution is 0.247. The highest BCUT2D eigenvalue weighted by Gasteiger charge is 2.41. The molecular formula is C24H27ClN4O2S. The number of aliphatic hydroxyl groups excluding tert-OH is 1. The Labute approximate surface area is 198 Å². The number of benzene rings is 1. The molecule has 0 amide bonds. The monoisotopic (exact) mass is 470 g/mol. The van der Waals surface area contributed by atoms with Crippen molar-refractivity contribution in [1.82, 2.24) is 19.8 Å².